The number of rotatable bonds is 5. The molecule has 2 aromatic heterocycles. The Morgan fingerprint density at radius 3 is 1.64 bits per heavy atom. The molecule has 0 saturated carbocycles. The Morgan fingerprint density at radius 1 is 0.750 bits per heavy atom. The Morgan fingerprint density at radius 2 is 1.20 bits per heavy atom. The quantitative estimate of drug-likeness (QED) is 0.115. The lowest BCUT2D eigenvalue weighted by atomic mass is 10.0. The molecule has 2 aromatic carbocycles. The highest BCUT2D eigenvalue weighted by Gasteiger charge is 2.29. The second kappa shape index (κ2) is 21.1. The van der Waals surface area contributed by atoms with E-state index in [-0.39, 0.29) is 41.4 Å². The first-order valence-corrected chi connectivity index (χ1v) is 18.5. The number of alkyl carbamates (subject to hydrolysis) is 1. The fourth-order valence-corrected chi connectivity index (χ4v) is 7.01. The minimum Gasteiger partial charge on any atom is -0.457 e. The van der Waals surface area contributed by atoms with Gasteiger partial charge >= 0.3 is 11.5 Å². The fraction of sp³-hybridized carbons (Fsp3) is 0.385. The number of carbonyl (C=O) groups excluding carboxylic acids is 4. The lowest BCUT2D eigenvalue weighted by Gasteiger charge is -2.16. The van der Waals surface area contributed by atoms with Gasteiger partial charge in [0.25, 0.3) is 11.8 Å². The summed E-state index contributed by atoms with van der Waals surface area (Å²) in [7, 11) is 6.17. The number of benzene rings is 2. The van der Waals surface area contributed by atoms with Crippen molar-refractivity contribution in [3.63, 3.8) is 0 Å². The van der Waals surface area contributed by atoms with E-state index in [1.54, 1.807) is 11.6 Å². The van der Waals surface area contributed by atoms with Crippen molar-refractivity contribution in [3.05, 3.63) is 104 Å². The number of nitrogens with one attached hydrogen (secondary N) is 3. The summed E-state index contributed by atoms with van der Waals surface area (Å²) in [6, 6.07) is 7.94. The largest absolute Gasteiger partial charge is 0.457 e. The topological polar surface area (TPSA) is 159 Å². The number of aromatic nitrogens is 2. The van der Waals surface area contributed by atoms with Gasteiger partial charge in [0.2, 0.25) is 0 Å². The number of nitrogens with zero attached hydrogens (tertiary/aromatic N) is 2. The van der Waals surface area contributed by atoms with Gasteiger partial charge in [-0.05, 0) is 97.2 Å². The molecule has 17 heteroatoms. The number of fused-ring (bicyclic) bond motifs is 2. The maximum atomic E-state index is 13.3. The van der Waals surface area contributed by atoms with Gasteiger partial charge < -0.3 is 40.3 Å². The van der Waals surface area contributed by atoms with Crippen LogP contribution in [0, 0.1) is 11.6 Å². The Hall–Kier alpha value is -4.63. The lowest BCUT2D eigenvalue weighted by Crippen LogP contribution is -2.28. The number of hydrogen-bond donors (Lipinski definition) is 4. The number of nitrogens with two attached hydrogens (primary N) is 1. The summed E-state index contributed by atoms with van der Waals surface area (Å²) in [5.41, 5.74) is 11.3. The minimum absolute atomic E-state index is 0. The summed E-state index contributed by atoms with van der Waals surface area (Å²) >= 11 is 16.2. The maximum absolute atomic E-state index is 13.3. The highest BCUT2D eigenvalue weighted by atomic mass is 35.5. The summed E-state index contributed by atoms with van der Waals surface area (Å²) in [6.07, 6.45) is 10.5. The van der Waals surface area contributed by atoms with Crippen LogP contribution in [-0.4, -0.2) is 46.7 Å². The molecule has 2 aliphatic rings. The van der Waals surface area contributed by atoms with Crippen LogP contribution in [0.2, 0.25) is 10.0 Å². The highest BCUT2D eigenvalue weighted by Crippen LogP contribution is 2.34. The van der Waals surface area contributed by atoms with Crippen molar-refractivity contribution < 1.29 is 37.4 Å². The molecule has 2 aliphatic carbocycles. The first-order valence-electron chi connectivity index (χ1n) is 17.4. The van der Waals surface area contributed by atoms with Crippen molar-refractivity contribution in [1.29, 1.82) is 0 Å². The predicted octanol–water partition coefficient (Wildman–Crippen LogP) is 9.62. The first kappa shape index (κ1) is 45.8. The van der Waals surface area contributed by atoms with E-state index >= 15 is 0 Å². The average Bonchev–Trinajstić information content (AvgIpc) is 3.51. The van der Waals surface area contributed by atoms with Gasteiger partial charge in [-0.15, -0.1) is 0 Å². The highest BCUT2D eigenvalue weighted by molar-refractivity contribution is 6.61. The number of halogens is 5. The zero-order chi connectivity index (χ0) is 40.4. The summed E-state index contributed by atoms with van der Waals surface area (Å²) < 4.78 is 38.7. The zero-order valence-electron chi connectivity index (χ0n) is 30.7. The van der Waals surface area contributed by atoms with E-state index in [4.69, 9.17) is 33.7 Å². The molecule has 0 spiro atoms. The Kier molecular flexibility index (Phi) is 17.2. The van der Waals surface area contributed by atoms with Crippen molar-refractivity contribution >= 4 is 69.5 Å². The maximum Gasteiger partial charge on any atom is 0.407 e. The monoisotopic (exact) mass is 838 g/mol. The molecule has 2 unspecified atom stereocenters. The third-order valence-electron chi connectivity index (χ3n) is 9.20. The SMILES string of the molecule is C.COC(=O)Cl.COC(=O)NC1CCCCc2c1cn(C)c2C(=O)Nc1ccc(F)c(Cl)c1.Cn1cc2c(c1C(=O)Nc1ccc(F)c(Cl)c1)CCCCC2N. The molecule has 12 nitrogen and oxygen atoms in total. The van der Waals surface area contributed by atoms with Crippen LogP contribution in [0.15, 0.2) is 48.8 Å². The molecule has 2 heterocycles. The van der Waals surface area contributed by atoms with Crippen LogP contribution in [0.3, 0.4) is 0 Å². The lowest BCUT2D eigenvalue weighted by molar-refractivity contribution is 0.101. The normalized spacial score (nSPS) is 15.6. The fourth-order valence-electron chi connectivity index (χ4n) is 6.65. The van der Waals surface area contributed by atoms with Gasteiger partial charge in [-0.2, -0.15) is 0 Å². The van der Waals surface area contributed by atoms with Gasteiger partial charge in [0.05, 0.1) is 30.3 Å². The molecule has 0 fully saturated rings. The molecule has 0 saturated heterocycles. The Balaban J connectivity index is 0.000000266. The van der Waals surface area contributed by atoms with Crippen LogP contribution < -0.4 is 21.7 Å². The summed E-state index contributed by atoms with van der Waals surface area (Å²) in [5.74, 6) is -1.59. The van der Waals surface area contributed by atoms with Crippen LogP contribution in [0.1, 0.15) is 101 Å². The van der Waals surface area contributed by atoms with Crippen molar-refractivity contribution in [2.24, 2.45) is 19.8 Å². The van der Waals surface area contributed by atoms with Crippen LogP contribution in [-0.2, 0) is 36.4 Å². The summed E-state index contributed by atoms with van der Waals surface area (Å²) in [4.78, 5) is 46.6. The van der Waals surface area contributed by atoms with E-state index in [1.807, 2.05) is 24.0 Å². The van der Waals surface area contributed by atoms with Crippen molar-refractivity contribution in [2.75, 3.05) is 24.9 Å². The van der Waals surface area contributed by atoms with Gasteiger partial charge in [0.15, 0.2) is 0 Å². The predicted molar refractivity (Wildman–Crippen MR) is 215 cm³/mol. The summed E-state index contributed by atoms with van der Waals surface area (Å²) in [5, 5.41) is 8.32. The Bertz CT molecular complexity index is 2040. The number of carbonyl (C=O) groups is 4. The van der Waals surface area contributed by atoms with Gasteiger partial charge in [-0.3, -0.25) is 9.59 Å². The third-order valence-corrected chi connectivity index (χ3v) is 9.93. The third kappa shape index (κ3) is 11.7. The average molecular weight is 840 g/mol. The zero-order valence-corrected chi connectivity index (χ0v) is 33.0. The number of anilines is 2. The van der Waals surface area contributed by atoms with E-state index in [2.05, 4.69) is 32.3 Å². The van der Waals surface area contributed by atoms with E-state index in [1.165, 1.54) is 50.6 Å². The molecule has 3 amide bonds. The standard InChI is InChI=1S/C19H21ClFN3O3.C17H19ClFN3O.C2H3ClO2.CH4/c1-24-10-13-12(5-3-4-6-16(13)23-19(26)27-2)17(24)18(25)22-11-7-8-15(21)14(20)9-11;1-22-9-12-11(4-2-3-5-15(12)20)16(22)17(23)21-10-6-7-14(19)13(18)8-10;1-5-2(3)4;/h7-10,16H,3-6H2,1-2H3,(H,22,25)(H,23,26);6-9,15H,2-5,20H2,1H3,(H,21,23);1H3;1H4. The molecule has 6 rings (SSSR count). The molecular weight excluding hydrogens is 793 g/mol. The van der Waals surface area contributed by atoms with Crippen LogP contribution in [0.4, 0.5) is 29.7 Å². The van der Waals surface area contributed by atoms with E-state index in [0.29, 0.717) is 22.8 Å². The Labute approximate surface area is 339 Å². The molecule has 56 heavy (non-hydrogen) atoms. The molecular formula is C39H47Cl3F2N6O6. The number of hydrogen-bond acceptors (Lipinski definition) is 7. The van der Waals surface area contributed by atoms with Crippen molar-refractivity contribution in [2.45, 2.75) is 70.9 Å². The van der Waals surface area contributed by atoms with Crippen LogP contribution in [0.5, 0.6) is 0 Å². The number of aryl methyl sites for hydroxylation is 2. The van der Waals surface area contributed by atoms with Crippen molar-refractivity contribution in [1.82, 2.24) is 14.5 Å². The number of ether oxygens (including phenoxy) is 2. The molecule has 0 aliphatic heterocycles. The van der Waals surface area contributed by atoms with Gasteiger partial charge in [-0.25, -0.2) is 18.4 Å². The second-order valence-electron chi connectivity index (χ2n) is 12.9. The molecule has 5 N–H and O–H groups in total. The van der Waals surface area contributed by atoms with E-state index in [0.717, 1.165) is 73.6 Å². The smallest absolute Gasteiger partial charge is 0.407 e. The first-order chi connectivity index (χ1) is 26.1. The molecule has 2 atom stereocenters. The number of methoxy groups -OCH3 is 2. The van der Waals surface area contributed by atoms with E-state index in [9.17, 15) is 28.0 Å². The van der Waals surface area contributed by atoms with Gasteiger partial charge in [0, 0.05) is 55.5 Å². The number of amides is 3. The van der Waals surface area contributed by atoms with Gasteiger partial charge in [-0.1, -0.05) is 43.5 Å². The van der Waals surface area contributed by atoms with E-state index < -0.39 is 23.2 Å². The van der Waals surface area contributed by atoms with Crippen LogP contribution in [0.25, 0.3) is 0 Å². The second-order valence-corrected chi connectivity index (χ2v) is 14.1. The van der Waals surface area contributed by atoms with Crippen molar-refractivity contribution in [3.8, 4) is 0 Å². The molecule has 4 aromatic rings. The van der Waals surface area contributed by atoms with Crippen LogP contribution >= 0.6 is 34.8 Å². The molecule has 304 valence electrons. The van der Waals surface area contributed by atoms with Gasteiger partial charge in [0.1, 0.15) is 23.0 Å². The minimum atomic E-state index is -0.773. The summed E-state index contributed by atoms with van der Waals surface area (Å²) in [6.45, 7) is 0. The molecule has 0 bridgehead atoms. The molecule has 0 radical (unpaired) electrons.